The first-order valence-corrected chi connectivity index (χ1v) is 10.9. The SMILES string of the molecule is O=C(C1CC1)N1CCc2[nH]cnc2C12CCN(CCOCc1ccccc1)CC2. The molecular weight excluding hydrogens is 364 g/mol. The third-order valence-electron chi connectivity index (χ3n) is 6.80. The highest BCUT2D eigenvalue weighted by molar-refractivity contribution is 5.82. The lowest BCUT2D eigenvalue weighted by molar-refractivity contribution is -0.143. The zero-order valence-corrected chi connectivity index (χ0v) is 17.0. The molecule has 154 valence electrons. The lowest BCUT2D eigenvalue weighted by Gasteiger charge is -2.50. The molecule has 1 amide bonds. The molecule has 1 aromatic carbocycles. The standard InChI is InChI=1S/C23H30N4O2/c28-22(19-6-7-19)27-11-8-20-21(25-17-24-20)23(27)9-12-26(13-10-23)14-15-29-16-18-4-2-1-3-5-18/h1-5,17,19H,6-16H2,(H,24,25). The molecule has 1 spiro atoms. The molecule has 1 aliphatic carbocycles. The average Bonchev–Trinajstić information content (AvgIpc) is 3.50. The van der Waals surface area contributed by atoms with Gasteiger partial charge in [0.2, 0.25) is 5.91 Å². The van der Waals surface area contributed by atoms with Gasteiger partial charge in [-0.3, -0.25) is 4.79 Å². The van der Waals surface area contributed by atoms with Gasteiger partial charge < -0.3 is 19.5 Å². The van der Waals surface area contributed by atoms with E-state index in [1.165, 1.54) is 11.3 Å². The van der Waals surface area contributed by atoms with Crippen molar-refractivity contribution in [2.75, 3.05) is 32.8 Å². The quantitative estimate of drug-likeness (QED) is 0.766. The van der Waals surface area contributed by atoms with Crippen LogP contribution in [0.15, 0.2) is 36.7 Å². The number of ether oxygens (including phenoxy) is 1. The molecule has 0 unspecified atom stereocenters. The molecule has 1 aromatic heterocycles. The monoisotopic (exact) mass is 394 g/mol. The number of carbonyl (C=O) groups is 1. The van der Waals surface area contributed by atoms with E-state index in [1.54, 1.807) is 6.33 Å². The third kappa shape index (κ3) is 3.71. The second-order valence-corrected chi connectivity index (χ2v) is 8.66. The fourth-order valence-electron chi connectivity index (χ4n) is 4.96. The maximum absolute atomic E-state index is 13.0. The van der Waals surface area contributed by atoms with Crippen LogP contribution in [0.25, 0.3) is 0 Å². The number of benzene rings is 1. The van der Waals surface area contributed by atoms with Crippen LogP contribution in [0, 0.1) is 5.92 Å². The Kier molecular flexibility index (Phi) is 5.14. The van der Waals surface area contributed by atoms with Gasteiger partial charge >= 0.3 is 0 Å². The molecule has 1 saturated heterocycles. The minimum atomic E-state index is -0.214. The van der Waals surface area contributed by atoms with E-state index in [2.05, 4.69) is 31.9 Å². The summed E-state index contributed by atoms with van der Waals surface area (Å²) in [6, 6.07) is 10.3. The Morgan fingerprint density at radius 1 is 1.17 bits per heavy atom. The molecule has 0 bridgehead atoms. The summed E-state index contributed by atoms with van der Waals surface area (Å²) in [5.74, 6) is 0.620. The summed E-state index contributed by atoms with van der Waals surface area (Å²) in [5.41, 5.74) is 3.35. The van der Waals surface area contributed by atoms with Crippen LogP contribution in [0.2, 0.25) is 0 Å². The predicted molar refractivity (Wildman–Crippen MR) is 110 cm³/mol. The maximum Gasteiger partial charge on any atom is 0.226 e. The van der Waals surface area contributed by atoms with Gasteiger partial charge in [0.25, 0.3) is 0 Å². The number of nitrogens with one attached hydrogen (secondary N) is 1. The molecule has 3 aliphatic rings. The molecule has 1 saturated carbocycles. The van der Waals surface area contributed by atoms with E-state index in [0.29, 0.717) is 12.5 Å². The van der Waals surface area contributed by atoms with E-state index >= 15 is 0 Å². The van der Waals surface area contributed by atoms with E-state index < -0.39 is 0 Å². The van der Waals surface area contributed by atoms with Gasteiger partial charge in [-0.25, -0.2) is 4.98 Å². The molecule has 2 aromatic rings. The van der Waals surface area contributed by atoms with Crippen molar-refractivity contribution in [1.82, 2.24) is 19.8 Å². The number of imidazole rings is 1. The largest absolute Gasteiger partial charge is 0.375 e. The Hall–Kier alpha value is -2.18. The summed E-state index contributed by atoms with van der Waals surface area (Å²) < 4.78 is 5.88. The zero-order chi connectivity index (χ0) is 19.7. The fourth-order valence-corrected chi connectivity index (χ4v) is 4.96. The van der Waals surface area contributed by atoms with Crippen molar-refractivity contribution in [3.63, 3.8) is 0 Å². The molecular formula is C23H30N4O2. The van der Waals surface area contributed by atoms with E-state index in [1.807, 2.05) is 18.2 Å². The van der Waals surface area contributed by atoms with Crippen LogP contribution in [-0.4, -0.2) is 58.5 Å². The number of amides is 1. The van der Waals surface area contributed by atoms with E-state index in [0.717, 1.165) is 70.6 Å². The van der Waals surface area contributed by atoms with Gasteiger partial charge in [0.05, 0.1) is 30.8 Å². The lowest BCUT2D eigenvalue weighted by atomic mass is 9.78. The molecule has 5 rings (SSSR count). The van der Waals surface area contributed by atoms with Gasteiger partial charge in [0.15, 0.2) is 0 Å². The summed E-state index contributed by atoms with van der Waals surface area (Å²) in [5, 5.41) is 0. The lowest BCUT2D eigenvalue weighted by Crippen LogP contribution is -2.58. The van der Waals surface area contributed by atoms with E-state index in [-0.39, 0.29) is 11.5 Å². The molecule has 0 radical (unpaired) electrons. The van der Waals surface area contributed by atoms with Crippen LogP contribution in [0.4, 0.5) is 0 Å². The molecule has 6 heteroatoms. The zero-order valence-electron chi connectivity index (χ0n) is 17.0. The molecule has 0 atom stereocenters. The second kappa shape index (κ2) is 7.92. The number of fused-ring (bicyclic) bond motifs is 2. The second-order valence-electron chi connectivity index (χ2n) is 8.66. The van der Waals surface area contributed by atoms with Crippen molar-refractivity contribution in [3.05, 3.63) is 53.6 Å². The van der Waals surface area contributed by atoms with E-state index in [4.69, 9.17) is 4.74 Å². The van der Waals surface area contributed by atoms with Crippen molar-refractivity contribution in [3.8, 4) is 0 Å². The Balaban J connectivity index is 1.20. The third-order valence-corrected chi connectivity index (χ3v) is 6.80. The average molecular weight is 395 g/mol. The molecule has 3 heterocycles. The number of H-pyrrole nitrogens is 1. The van der Waals surface area contributed by atoms with Crippen molar-refractivity contribution < 1.29 is 9.53 Å². The Labute approximate surface area is 172 Å². The summed E-state index contributed by atoms with van der Waals surface area (Å²) in [6.45, 7) is 5.13. The number of aromatic nitrogens is 2. The van der Waals surface area contributed by atoms with Crippen molar-refractivity contribution in [2.45, 2.75) is 44.2 Å². The van der Waals surface area contributed by atoms with Crippen LogP contribution in [0.3, 0.4) is 0 Å². The molecule has 2 aliphatic heterocycles. The molecule has 2 fully saturated rings. The van der Waals surface area contributed by atoms with Crippen LogP contribution >= 0.6 is 0 Å². The molecule has 29 heavy (non-hydrogen) atoms. The van der Waals surface area contributed by atoms with Crippen molar-refractivity contribution >= 4 is 5.91 Å². The van der Waals surface area contributed by atoms with Gasteiger partial charge in [0, 0.05) is 44.2 Å². The summed E-state index contributed by atoms with van der Waals surface area (Å²) in [6.07, 6.45) is 6.74. The molecule has 1 N–H and O–H groups in total. The van der Waals surface area contributed by atoms with Gasteiger partial charge in [0.1, 0.15) is 0 Å². The number of likely N-dealkylation sites (tertiary alicyclic amines) is 1. The maximum atomic E-state index is 13.0. The predicted octanol–water partition coefficient (Wildman–Crippen LogP) is 2.71. The Morgan fingerprint density at radius 2 is 1.97 bits per heavy atom. The number of carbonyl (C=O) groups excluding carboxylic acids is 1. The van der Waals surface area contributed by atoms with Crippen LogP contribution in [0.5, 0.6) is 0 Å². The highest BCUT2D eigenvalue weighted by Crippen LogP contribution is 2.45. The summed E-state index contributed by atoms with van der Waals surface area (Å²) in [7, 11) is 0. The minimum Gasteiger partial charge on any atom is -0.375 e. The number of rotatable bonds is 6. The number of piperidine rings is 1. The van der Waals surface area contributed by atoms with Crippen LogP contribution in [-0.2, 0) is 28.1 Å². The van der Waals surface area contributed by atoms with Crippen LogP contribution in [0.1, 0.15) is 42.6 Å². The number of hydrogen-bond donors (Lipinski definition) is 1. The van der Waals surface area contributed by atoms with Crippen molar-refractivity contribution in [1.29, 1.82) is 0 Å². The van der Waals surface area contributed by atoms with Gasteiger partial charge in [-0.2, -0.15) is 0 Å². The fraction of sp³-hybridized carbons (Fsp3) is 0.565. The Bertz CT molecular complexity index is 838. The first kappa shape index (κ1) is 18.8. The van der Waals surface area contributed by atoms with Gasteiger partial charge in [-0.05, 0) is 31.2 Å². The van der Waals surface area contributed by atoms with Crippen LogP contribution < -0.4 is 0 Å². The first-order valence-electron chi connectivity index (χ1n) is 10.9. The minimum absolute atomic E-state index is 0.214. The first-order chi connectivity index (χ1) is 14.3. The van der Waals surface area contributed by atoms with Gasteiger partial charge in [-0.15, -0.1) is 0 Å². The highest BCUT2D eigenvalue weighted by Gasteiger charge is 2.50. The topological polar surface area (TPSA) is 61.5 Å². The normalized spacial score (nSPS) is 21.3. The van der Waals surface area contributed by atoms with Crippen molar-refractivity contribution in [2.24, 2.45) is 5.92 Å². The number of nitrogens with zero attached hydrogens (tertiary/aromatic N) is 3. The summed E-state index contributed by atoms with van der Waals surface area (Å²) in [4.78, 5) is 25.7. The number of hydrogen-bond acceptors (Lipinski definition) is 4. The smallest absolute Gasteiger partial charge is 0.226 e. The molecule has 6 nitrogen and oxygen atoms in total. The Morgan fingerprint density at radius 3 is 2.72 bits per heavy atom. The van der Waals surface area contributed by atoms with E-state index in [9.17, 15) is 4.79 Å². The van der Waals surface area contributed by atoms with Gasteiger partial charge in [-0.1, -0.05) is 30.3 Å². The highest BCUT2D eigenvalue weighted by atomic mass is 16.5. The number of aromatic amines is 1. The summed E-state index contributed by atoms with van der Waals surface area (Å²) >= 11 is 0.